The maximum absolute atomic E-state index is 12.1. The first-order valence-corrected chi connectivity index (χ1v) is 7.01. The molecule has 2 N–H and O–H groups in total. The molecule has 1 fully saturated rings. The van der Waals surface area contributed by atoms with Crippen molar-refractivity contribution in [1.29, 1.82) is 0 Å². The van der Waals surface area contributed by atoms with E-state index in [1.54, 1.807) is 0 Å². The fourth-order valence-electron chi connectivity index (χ4n) is 2.92. The van der Waals surface area contributed by atoms with Gasteiger partial charge in [0.25, 0.3) is 0 Å². The maximum Gasteiger partial charge on any atom is 0.307 e. The predicted octanol–water partition coefficient (Wildman–Crippen LogP) is 1.19. The van der Waals surface area contributed by atoms with Crippen molar-refractivity contribution in [2.45, 2.75) is 39.2 Å². The van der Waals surface area contributed by atoms with Crippen LogP contribution in [0.3, 0.4) is 0 Å². The van der Waals surface area contributed by atoms with Crippen LogP contribution in [0.4, 0.5) is 0 Å². The Kier molecular flexibility index (Phi) is 5.79. The minimum Gasteiger partial charge on any atom is -0.481 e. The number of carboxylic acids is 1. The lowest BCUT2D eigenvalue weighted by molar-refractivity contribution is -0.146. The van der Waals surface area contributed by atoms with Gasteiger partial charge in [0.1, 0.15) is 0 Å². The molecule has 19 heavy (non-hydrogen) atoms. The number of carbonyl (C=O) groups is 2. The van der Waals surface area contributed by atoms with Gasteiger partial charge in [-0.25, -0.2) is 0 Å². The highest BCUT2D eigenvalue weighted by molar-refractivity contribution is 5.85. The molecule has 3 atom stereocenters. The van der Waals surface area contributed by atoms with Crippen LogP contribution in [0.1, 0.15) is 33.1 Å². The van der Waals surface area contributed by atoms with Crippen molar-refractivity contribution < 1.29 is 14.7 Å². The molecule has 0 aromatic heterocycles. The number of carboxylic acid groups (broad SMARTS) is 1. The average Bonchev–Trinajstić information content (AvgIpc) is 2.76. The van der Waals surface area contributed by atoms with E-state index < -0.39 is 11.9 Å². The Labute approximate surface area is 115 Å². The van der Waals surface area contributed by atoms with E-state index in [1.165, 1.54) is 0 Å². The van der Waals surface area contributed by atoms with E-state index in [9.17, 15) is 9.59 Å². The van der Waals surface area contributed by atoms with Crippen LogP contribution in [0.5, 0.6) is 0 Å². The Morgan fingerprint density at radius 1 is 1.26 bits per heavy atom. The molecule has 1 saturated carbocycles. The number of amides is 1. The van der Waals surface area contributed by atoms with Crippen LogP contribution in [0.2, 0.25) is 0 Å². The topological polar surface area (TPSA) is 69.6 Å². The first-order chi connectivity index (χ1) is 8.84. The zero-order valence-electron chi connectivity index (χ0n) is 12.3. The molecule has 0 heterocycles. The zero-order valence-corrected chi connectivity index (χ0v) is 12.3. The molecule has 0 radical (unpaired) electrons. The minimum absolute atomic E-state index is 0.0996. The highest BCUT2D eigenvalue weighted by atomic mass is 16.4. The van der Waals surface area contributed by atoms with Crippen LogP contribution < -0.4 is 5.32 Å². The number of aliphatic carboxylic acids is 1. The molecule has 0 spiro atoms. The largest absolute Gasteiger partial charge is 0.481 e. The summed E-state index contributed by atoms with van der Waals surface area (Å²) in [6.07, 6.45) is 2.14. The van der Waals surface area contributed by atoms with Crippen molar-refractivity contribution in [3.05, 3.63) is 0 Å². The van der Waals surface area contributed by atoms with Gasteiger partial charge in [-0.3, -0.25) is 9.59 Å². The van der Waals surface area contributed by atoms with Crippen LogP contribution in [-0.2, 0) is 9.59 Å². The Balaban J connectivity index is 2.53. The molecule has 0 aromatic rings. The SMILES string of the molecule is CC(C)C(CNC(=O)C1CCCC1C(=O)O)N(C)C. The molecule has 1 rings (SSSR count). The van der Waals surface area contributed by atoms with Gasteiger partial charge in [0, 0.05) is 12.6 Å². The van der Waals surface area contributed by atoms with Crippen molar-refractivity contribution in [2.24, 2.45) is 17.8 Å². The van der Waals surface area contributed by atoms with Crippen molar-refractivity contribution >= 4 is 11.9 Å². The third-order valence-electron chi connectivity index (χ3n) is 4.09. The van der Waals surface area contributed by atoms with Gasteiger partial charge in [0.15, 0.2) is 0 Å². The summed E-state index contributed by atoms with van der Waals surface area (Å²) in [5.41, 5.74) is 0. The lowest BCUT2D eigenvalue weighted by Gasteiger charge is -2.28. The molecular formula is C14H26N2O3. The molecular weight excluding hydrogens is 244 g/mol. The van der Waals surface area contributed by atoms with Crippen LogP contribution >= 0.6 is 0 Å². The van der Waals surface area contributed by atoms with Gasteiger partial charge in [0.05, 0.1) is 11.8 Å². The number of nitrogens with one attached hydrogen (secondary N) is 1. The lowest BCUT2D eigenvalue weighted by atomic mass is 9.95. The van der Waals surface area contributed by atoms with Gasteiger partial charge < -0.3 is 15.3 Å². The normalized spacial score (nSPS) is 24.7. The standard InChI is InChI=1S/C14H26N2O3/c1-9(2)12(16(3)4)8-15-13(17)10-6-5-7-11(10)14(18)19/h9-12H,5-8H2,1-4H3,(H,15,17)(H,18,19). The van der Waals surface area contributed by atoms with Gasteiger partial charge in [0.2, 0.25) is 5.91 Å². The fraction of sp³-hybridized carbons (Fsp3) is 0.857. The third kappa shape index (κ3) is 4.20. The molecule has 1 amide bonds. The fourth-order valence-corrected chi connectivity index (χ4v) is 2.92. The van der Waals surface area contributed by atoms with E-state index in [2.05, 4.69) is 24.1 Å². The van der Waals surface area contributed by atoms with Crippen LogP contribution in [-0.4, -0.2) is 48.6 Å². The molecule has 0 saturated heterocycles. The number of nitrogens with zero attached hydrogens (tertiary/aromatic N) is 1. The number of hydrogen-bond acceptors (Lipinski definition) is 3. The summed E-state index contributed by atoms with van der Waals surface area (Å²) in [6.45, 7) is 4.81. The first-order valence-electron chi connectivity index (χ1n) is 7.01. The summed E-state index contributed by atoms with van der Waals surface area (Å²) in [5, 5.41) is 12.0. The number of rotatable bonds is 6. The summed E-state index contributed by atoms with van der Waals surface area (Å²) in [4.78, 5) is 25.3. The average molecular weight is 270 g/mol. The van der Waals surface area contributed by atoms with Gasteiger partial charge in [-0.1, -0.05) is 20.3 Å². The molecule has 5 nitrogen and oxygen atoms in total. The minimum atomic E-state index is -0.842. The smallest absolute Gasteiger partial charge is 0.307 e. The van der Waals surface area contributed by atoms with E-state index in [0.29, 0.717) is 25.3 Å². The van der Waals surface area contributed by atoms with Crippen molar-refractivity contribution in [1.82, 2.24) is 10.2 Å². The quantitative estimate of drug-likeness (QED) is 0.760. The second-order valence-corrected chi connectivity index (χ2v) is 6.00. The number of hydrogen-bond donors (Lipinski definition) is 2. The van der Waals surface area contributed by atoms with Gasteiger partial charge in [-0.15, -0.1) is 0 Å². The van der Waals surface area contributed by atoms with E-state index in [4.69, 9.17) is 5.11 Å². The van der Waals surface area contributed by atoms with E-state index >= 15 is 0 Å². The van der Waals surface area contributed by atoms with E-state index in [1.807, 2.05) is 14.1 Å². The Morgan fingerprint density at radius 3 is 2.32 bits per heavy atom. The highest BCUT2D eigenvalue weighted by Crippen LogP contribution is 2.32. The van der Waals surface area contributed by atoms with Gasteiger partial charge in [-0.2, -0.15) is 0 Å². The summed E-state index contributed by atoms with van der Waals surface area (Å²) in [6, 6.07) is 0.272. The first kappa shape index (κ1) is 16.0. The summed E-state index contributed by atoms with van der Waals surface area (Å²) < 4.78 is 0. The maximum atomic E-state index is 12.1. The second kappa shape index (κ2) is 6.89. The summed E-state index contributed by atoms with van der Waals surface area (Å²) in [7, 11) is 3.99. The summed E-state index contributed by atoms with van der Waals surface area (Å²) >= 11 is 0. The zero-order chi connectivity index (χ0) is 14.6. The Morgan fingerprint density at radius 2 is 1.84 bits per heavy atom. The van der Waals surface area contributed by atoms with Gasteiger partial charge >= 0.3 is 5.97 Å². The van der Waals surface area contributed by atoms with E-state index in [-0.39, 0.29) is 17.9 Å². The van der Waals surface area contributed by atoms with Crippen molar-refractivity contribution in [2.75, 3.05) is 20.6 Å². The molecule has 0 bridgehead atoms. The molecule has 3 unspecified atom stereocenters. The van der Waals surface area contributed by atoms with Crippen LogP contribution in [0, 0.1) is 17.8 Å². The lowest BCUT2D eigenvalue weighted by Crippen LogP contribution is -2.45. The monoisotopic (exact) mass is 270 g/mol. The third-order valence-corrected chi connectivity index (χ3v) is 4.09. The van der Waals surface area contributed by atoms with Gasteiger partial charge in [-0.05, 0) is 32.9 Å². The van der Waals surface area contributed by atoms with Crippen LogP contribution in [0.25, 0.3) is 0 Å². The predicted molar refractivity (Wildman–Crippen MR) is 73.8 cm³/mol. The highest BCUT2D eigenvalue weighted by Gasteiger charge is 2.37. The van der Waals surface area contributed by atoms with E-state index in [0.717, 1.165) is 6.42 Å². The number of likely N-dealkylation sites (N-methyl/N-ethyl adjacent to an activating group) is 1. The summed E-state index contributed by atoms with van der Waals surface area (Å²) in [5.74, 6) is -1.36. The molecule has 0 aliphatic heterocycles. The van der Waals surface area contributed by atoms with Crippen molar-refractivity contribution in [3.63, 3.8) is 0 Å². The molecule has 1 aliphatic rings. The van der Waals surface area contributed by atoms with Crippen molar-refractivity contribution in [3.8, 4) is 0 Å². The molecule has 0 aromatic carbocycles. The molecule has 5 heteroatoms. The van der Waals surface area contributed by atoms with Crippen LogP contribution in [0.15, 0.2) is 0 Å². The second-order valence-electron chi connectivity index (χ2n) is 6.00. The Bertz CT molecular complexity index is 321. The number of carbonyl (C=O) groups excluding carboxylic acids is 1. The Hall–Kier alpha value is -1.10. The molecule has 1 aliphatic carbocycles. The molecule has 110 valence electrons.